The van der Waals surface area contributed by atoms with Gasteiger partial charge in [0.15, 0.2) is 5.69 Å². The number of anilines is 2. The van der Waals surface area contributed by atoms with Crippen LogP contribution in [-0.4, -0.2) is 32.7 Å². The maximum atomic E-state index is 12.9. The Morgan fingerprint density at radius 2 is 1.97 bits per heavy atom. The molecule has 1 saturated carbocycles. The SMILES string of the molecule is CCn1nc(C(=O)Nc2ccc(C)c(-c3cnc4cc(NC)ncc4c3)c2)cc1C1CC1. The summed E-state index contributed by atoms with van der Waals surface area (Å²) in [7, 11) is 1.84. The fraction of sp³-hybridized carbons (Fsp3) is 0.280. The smallest absolute Gasteiger partial charge is 0.276 e. The van der Waals surface area contributed by atoms with E-state index >= 15 is 0 Å². The molecule has 3 heterocycles. The number of fused-ring (bicyclic) bond motifs is 1. The zero-order chi connectivity index (χ0) is 22.2. The van der Waals surface area contributed by atoms with E-state index in [9.17, 15) is 4.79 Å². The first kappa shape index (κ1) is 20.2. The fourth-order valence-corrected chi connectivity index (χ4v) is 4.02. The van der Waals surface area contributed by atoms with Crippen molar-refractivity contribution in [1.29, 1.82) is 0 Å². The third-order valence-corrected chi connectivity index (χ3v) is 5.97. The Morgan fingerprint density at radius 3 is 2.72 bits per heavy atom. The molecule has 2 N–H and O–H groups in total. The van der Waals surface area contributed by atoms with Gasteiger partial charge in [0.1, 0.15) is 5.82 Å². The van der Waals surface area contributed by atoms with Gasteiger partial charge >= 0.3 is 0 Å². The van der Waals surface area contributed by atoms with E-state index in [2.05, 4.69) is 45.6 Å². The Hall–Kier alpha value is -3.74. The lowest BCUT2D eigenvalue weighted by Gasteiger charge is -2.11. The van der Waals surface area contributed by atoms with Gasteiger partial charge < -0.3 is 10.6 Å². The van der Waals surface area contributed by atoms with E-state index in [-0.39, 0.29) is 5.91 Å². The summed E-state index contributed by atoms with van der Waals surface area (Å²) in [6, 6.07) is 11.9. The lowest BCUT2D eigenvalue weighted by atomic mass is 10.00. The van der Waals surface area contributed by atoms with Crippen molar-refractivity contribution in [2.45, 2.75) is 39.2 Å². The molecule has 1 aliphatic carbocycles. The molecular formula is C25H26N6O. The highest BCUT2D eigenvalue weighted by molar-refractivity contribution is 6.03. The van der Waals surface area contributed by atoms with Crippen molar-refractivity contribution in [1.82, 2.24) is 19.7 Å². The molecule has 3 aromatic heterocycles. The van der Waals surface area contributed by atoms with Crippen LogP contribution in [0.3, 0.4) is 0 Å². The van der Waals surface area contributed by atoms with Gasteiger partial charge in [-0.05, 0) is 62.1 Å². The van der Waals surface area contributed by atoms with E-state index in [1.165, 1.54) is 18.5 Å². The summed E-state index contributed by atoms with van der Waals surface area (Å²) in [6.45, 7) is 4.88. The summed E-state index contributed by atoms with van der Waals surface area (Å²) < 4.78 is 1.95. The standard InChI is InChI=1S/C25H26N6O/c1-4-31-23(16-6-7-16)11-22(30-31)25(32)29-19-8-5-15(2)20(10-19)17-9-18-14-28-24(26-3)12-21(18)27-13-17/h5,8-14,16H,4,6-7H2,1-3H3,(H,26,28)(H,29,32). The number of pyridine rings is 2. The van der Waals surface area contributed by atoms with E-state index in [4.69, 9.17) is 0 Å². The van der Waals surface area contributed by atoms with Crippen LogP contribution in [0.4, 0.5) is 11.5 Å². The van der Waals surface area contributed by atoms with Crippen molar-refractivity contribution in [3.63, 3.8) is 0 Å². The fourth-order valence-electron chi connectivity index (χ4n) is 4.02. The van der Waals surface area contributed by atoms with E-state index in [0.29, 0.717) is 11.6 Å². The average Bonchev–Trinajstić information content (AvgIpc) is 3.57. The lowest BCUT2D eigenvalue weighted by molar-refractivity contribution is 0.102. The molecular weight excluding hydrogens is 400 g/mol. The molecule has 0 spiro atoms. The topological polar surface area (TPSA) is 84.7 Å². The molecule has 0 aliphatic heterocycles. The summed E-state index contributed by atoms with van der Waals surface area (Å²) in [5.41, 5.74) is 6.36. The quantitative estimate of drug-likeness (QED) is 0.454. The number of hydrogen-bond donors (Lipinski definition) is 2. The molecule has 7 nitrogen and oxygen atoms in total. The molecule has 32 heavy (non-hydrogen) atoms. The van der Waals surface area contributed by atoms with Crippen molar-refractivity contribution < 1.29 is 4.79 Å². The van der Waals surface area contributed by atoms with E-state index < -0.39 is 0 Å². The van der Waals surface area contributed by atoms with Crippen LogP contribution in [0.1, 0.15) is 47.4 Å². The molecule has 4 aromatic rings. The number of rotatable bonds is 6. The van der Waals surface area contributed by atoms with E-state index in [0.717, 1.165) is 45.6 Å². The molecule has 7 heteroatoms. The van der Waals surface area contributed by atoms with Crippen molar-refractivity contribution in [2.75, 3.05) is 17.7 Å². The molecule has 1 aliphatic rings. The van der Waals surface area contributed by atoms with Crippen LogP contribution in [-0.2, 0) is 6.54 Å². The number of amides is 1. The monoisotopic (exact) mass is 426 g/mol. The molecule has 1 fully saturated rings. The van der Waals surface area contributed by atoms with Crippen molar-refractivity contribution in [2.24, 2.45) is 0 Å². The third-order valence-electron chi connectivity index (χ3n) is 5.97. The number of benzene rings is 1. The summed E-state index contributed by atoms with van der Waals surface area (Å²) >= 11 is 0. The van der Waals surface area contributed by atoms with Gasteiger partial charge in [-0.15, -0.1) is 0 Å². The number of aromatic nitrogens is 4. The normalized spacial score (nSPS) is 13.3. The minimum absolute atomic E-state index is 0.186. The Kier molecular flexibility index (Phi) is 5.09. The van der Waals surface area contributed by atoms with Crippen molar-refractivity contribution >= 4 is 28.3 Å². The molecule has 0 bridgehead atoms. The minimum atomic E-state index is -0.186. The summed E-state index contributed by atoms with van der Waals surface area (Å²) in [6.07, 6.45) is 6.04. The average molecular weight is 427 g/mol. The molecule has 0 atom stereocenters. The third kappa shape index (κ3) is 3.82. The van der Waals surface area contributed by atoms with E-state index in [1.54, 1.807) is 0 Å². The van der Waals surface area contributed by atoms with Crippen molar-refractivity contribution in [3.05, 3.63) is 65.7 Å². The number of hydrogen-bond acceptors (Lipinski definition) is 5. The predicted octanol–water partition coefficient (Wildman–Crippen LogP) is 4.99. The Bertz CT molecular complexity index is 1320. The highest BCUT2D eigenvalue weighted by atomic mass is 16.1. The number of carbonyl (C=O) groups is 1. The second kappa shape index (κ2) is 8.07. The zero-order valence-corrected chi connectivity index (χ0v) is 18.5. The first-order valence-electron chi connectivity index (χ1n) is 11.0. The highest BCUT2D eigenvalue weighted by Crippen LogP contribution is 2.40. The van der Waals surface area contributed by atoms with Gasteiger partial charge in [-0.3, -0.25) is 14.5 Å². The predicted molar refractivity (Wildman–Crippen MR) is 127 cm³/mol. The van der Waals surface area contributed by atoms with Crippen LogP contribution in [0.2, 0.25) is 0 Å². The van der Waals surface area contributed by atoms with Gasteiger partial charge in [-0.1, -0.05) is 6.07 Å². The van der Waals surface area contributed by atoms with Gasteiger partial charge in [0, 0.05) is 60.3 Å². The number of aryl methyl sites for hydroxylation is 2. The Morgan fingerprint density at radius 1 is 1.12 bits per heavy atom. The molecule has 5 rings (SSSR count). The highest BCUT2D eigenvalue weighted by Gasteiger charge is 2.28. The van der Waals surface area contributed by atoms with Crippen LogP contribution in [0.15, 0.2) is 48.8 Å². The number of nitrogens with zero attached hydrogens (tertiary/aromatic N) is 4. The summed E-state index contributed by atoms with van der Waals surface area (Å²) in [5, 5.41) is 11.5. The molecule has 1 amide bonds. The Labute approximate surface area is 186 Å². The zero-order valence-electron chi connectivity index (χ0n) is 18.5. The van der Waals surface area contributed by atoms with Crippen LogP contribution in [0, 0.1) is 6.92 Å². The maximum Gasteiger partial charge on any atom is 0.276 e. The van der Waals surface area contributed by atoms with Gasteiger partial charge in [-0.2, -0.15) is 5.10 Å². The summed E-state index contributed by atoms with van der Waals surface area (Å²) in [4.78, 5) is 21.9. The van der Waals surface area contributed by atoms with Crippen LogP contribution in [0.5, 0.6) is 0 Å². The number of carbonyl (C=O) groups excluding carboxylic acids is 1. The summed E-state index contributed by atoms with van der Waals surface area (Å²) in [5.74, 6) is 1.15. The molecule has 162 valence electrons. The molecule has 0 unspecified atom stereocenters. The van der Waals surface area contributed by atoms with Gasteiger partial charge in [0.2, 0.25) is 0 Å². The molecule has 0 radical (unpaired) electrons. The molecule has 0 saturated heterocycles. The van der Waals surface area contributed by atoms with E-state index in [1.807, 2.05) is 54.5 Å². The molecule has 1 aromatic carbocycles. The van der Waals surface area contributed by atoms with Crippen LogP contribution >= 0.6 is 0 Å². The maximum absolute atomic E-state index is 12.9. The number of nitrogens with one attached hydrogen (secondary N) is 2. The first-order valence-corrected chi connectivity index (χ1v) is 11.0. The lowest BCUT2D eigenvalue weighted by Crippen LogP contribution is -2.13. The first-order chi connectivity index (χ1) is 15.6. The van der Waals surface area contributed by atoms with Crippen LogP contribution in [0.25, 0.3) is 22.0 Å². The largest absolute Gasteiger partial charge is 0.373 e. The van der Waals surface area contributed by atoms with Gasteiger partial charge in [0.25, 0.3) is 5.91 Å². The second-order valence-electron chi connectivity index (χ2n) is 8.26. The van der Waals surface area contributed by atoms with Crippen LogP contribution < -0.4 is 10.6 Å². The van der Waals surface area contributed by atoms with Gasteiger partial charge in [-0.25, -0.2) is 4.98 Å². The van der Waals surface area contributed by atoms with Crippen molar-refractivity contribution in [3.8, 4) is 11.1 Å². The second-order valence-corrected chi connectivity index (χ2v) is 8.26. The Balaban J connectivity index is 1.42. The van der Waals surface area contributed by atoms with Gasteiger partial charge in [0.05, 0.1) is 5.52 Å². The minimum Gasteiger partial charge on any atom is -0.373 e.